The van der Waals surface area contributed by atoms with Crippen LogP contribution in [0.15, 0.2) is 24.3 Å². The molecule has 0 aliphatic carbocycles. The highest BCUT2D eigenvalue weighted by atomic mass is 16.6. The Labute approximate surface area is 74.8 Å². The Balaban J connectivity index is 2.81. The van der Waals surface area contributed by atoms with E-state index in [1.807, 2.05) is 0 Å². The highest BCUT2D eigenvalue weighted by Gasteiger charge is 2.09. The number of amidine groups is 1. The van der Waals surface area contributed by atoms with Gasteiger partial charge in [0.25, 0.3) is 4.92 Å². The average Bonchev–Trinajstić information content (AvgIpc) is 2.04. The number of rotatable bonds is 3. The summed E-state index contributed by atoms with van der Waals surface area (Å²) in [6, 6.07) is 6.20. The number of nitrogens with two attached hydrogens (primary N) is 1. The topological polar surface area (TPSA) is 90.2 Å². The second-order valence-corrected chi connectivity index (χ2v) is 2.64. The van der Waals surface area contributed by atoms with Crippen LogP contribution in [0.2, 0.25) is 0 Å². The van der Waals surface area contributed by atoms with E-state index in [0.29, 0.717) is 6.42 Å². The van der Waals surface area contributed by atoms with E-state index in [4.69, 9.17) is 16.4 Å². The molecule has 5 nitrogen and oxygen atoms in total. The van der Waals surface area contributed by atoms with Gasteiger partial charge in [-0.15, -0.1) is 0 Å². The van der Waals surface area contributed by atoms with Gasteiger partial charge in [-0.2, -0.15) is 0 Å². The molecular weight excluding hydrogens is 170 g/mol. The van der Waals surface area contributed by atoms with E-state index in [9.17, 15) is 4.91 Å². The van der Waals surface area contributed by atoms with Crippen molar-refractivity contribution in [2.75, 3.05) is 0 Å². The van der Waals surface area contributed by atoms with Crippen LogP contribution in [0, 0.1) is 10.3 Å². The number of benzene rings is 1. The first-order chi connectivity index (χ1) is 6.09. The number of hydrogen-bond donors (Lipinski definition) is 3. The minimum atomic E-state index is -0.211. The Morgan fingerprint density at radius 3 is 2.38 bits per heavy atom. The van der Waals surface area contributed by atoms with Crippen molar-refractivity contribution < 1.29 is 10.1 Å². The molecular formula is C8H10N3O2+. The van der Waals surface area contributed by atoms with Crippen molar-refractivity contribution in [1.29, 1.82) is 5.41 Å². The van der Waals surface area contributed by atoms with Crippen molar-refractivity contribution >= 4 is 11.5 Å². The molecule has 0 radical (unpaired) electrons. The Bertz CT molecular complexity index is 332. The Hall–Kier alpha value is -1.91. The molecule has 0 bridgehead atoms. The van der Waals surface area contributed by atoms with Crippen LogP contribution in [-0.4, -0.2) is 16.0 Å². The van der Waals surface area contributed by atoms with Gasteiger partial charge in [-0.3, -0.25) is 5.41 Å². The zero-order chi connectivity index (χ0) is 9.84. The van der Waals surface area contributed by atoms with Gasteiger partial charge in [-0.1, -0.05) is 12.1 Å². The maximum atomic E-state index is 10.4. The monoisotopic (exact) mass is 180 g/mol. The molecule has 0 aliphatic rings. The van der Waals surface area contributed by atoms with Gasteiger partial charge in [0.1, 0.15) is 0 Å². The zero-order valence-electron chi connectivity index (χ0n) is 6.90. The third-order valence-corrected chi connectivity index (χ3v) is 1.55. The van der Waals surface area contributed by atoms with E-state index in [0.717, 1.165) is 5.56 Å². The lowest BCUT2D eigenvalue weighted by Crippen LogP contribution is -2.12. The number of nitrogens with zero attached hydrogens (tertiary/aromatic N) is 1. The van der Waals surface area contributed by atoms with Crippen molar-refractivity contribution in [3.63, 3.8) is 0 Å². The molecule has 0 saturated carbocycles. The summed E-state index contributed by atoms with van der Waals surface area (Å²) >= 11 is 0. The molecule has 0 fully saturated rings. The minimum absolute atomic E-state index is 0.0655. The first-order valence-corrected chi connectivity index (χ1v) is 3.67. The van der Waals surface area contributed by atoms with E-state index >= 15 is 0 Å². The van der Waals surface area contributed by atoms with Gasteiger partial charge in [-0.25, -0.2) is 5.21 Å². The standard InChI is InChI=1S/C8H10N3O2/c9-8(10)5-6-1-3-7(4-2-6)11(12)13/h1-4H,5H2,(H3,9,10)(H,12,13)/q+1. The van der Waals surface area contributed by atoms with Crippen molar-refractivity contribution in [1.82, 2.24) is 0 Å². The summed E-state index contributed by atoms with van der Waals surface area (Å²) in [7, 11) is 0. The van der Waals surface area contributed by atoms with Crippen LogP contribution in [0.3, 0.4) is 0 Å². The molecule has 0 aliphatic heterocycles. The second kappa shape index (κ2) is 3.66. The lowest BCUT2D eigenvalue weighted by atomic mass is 10.1. The molecule has 0 amide bonds. The van der Waals surface area contributed by atoms with Gasteiger partial charge in [0.2, 0.25) is 0 Å². The molecule has 0 atom stereocenters. The van der Waals surface area contributed by atoms with Crippen LogP contribution < -0.4 is 5.73 Å². The molecule has 0 unspecified atom stereocenters. The van der Waals surface area contributed by atoms with Crippen molar-refractivity contribution in [2.45, 2.75) is 6.42 Å². The quantitative estimate of drug-likeness (QED) is 0.367. The molecule has 0 saturated heterocycles. The van der Waals surface area contributed by atoms with Crippen molar-refractivity contribution in [3.8, 4) is 0 Å². The van der Waals surface area contributed by atoms with Crippen LogP contribution >= 0.6 is 0 Å². The van der Waals surface area contributed by atoms with E-state index < -0.39 is 0 Å². The van der Waals surface area contributed by atoms with Crippen molar-refractivity contribution in [2.24, 2.45) is 5.73 Å². The normalized spacial score (nSPS) is 9.54. The molecule has 1 aromatic carbocycles. The van der Waals surface area contributed by atoms with Crippen LogP contribution in [0.4, 0.5) is 5.69 Å². The summed E-state index contributed by atoms with van der Waals surface area (Å²) in [5.74, 6) is 0.0655. The summed E-state index contributed by atoms with van der Waals surface area (Å²) < 4.78 is 0. The molecule has 1 aromatic rings. The highest BCUT2D eigenvalue weighted by Crippen LogP contribution is 2.11. The lowest BCUT2D eigenvalue weighted by Gasteiger charge is -1.96. The third-order valence-electron chi connectivity index (χ3n) is 1.55. The van der Waals surface area contributed by atoms with Gasteiger partial charge in [0, 0.05) is 18.6 Å². The fourth-order valence-corrected chi connectivity index (χ4v) is 0.961. The van der Waals surface area contributed by atoms with E-state index in [2.05, 4.69) is 0 Å². The minimum Gasteiger partial charge on any atom is -0.387 e. The van der Waals surface area contributed by atoms with Gasteiger partial charge < -0.3 is 5.73 Å². The zero-order valence-corrected chi connectivity index (χ0v) is 6.90. The average molecular weight is 180 g/mol. The second-order valence-electron chi connectivity index (χ2n) is 2.64. The molecule has 0 heterocycles. The molecule has 1 rings (SSSR count). The fraction of sp³-hybridized carbons (Fsp3) is 0.125. The first kappa shape index (κ1) is 9.18. The number of nitrogens with one attached hydrogen (secondary N) is 1. The highest BCUT2D eigenvalue weighted by molar-refractivity contribution is 5.79. The molecule has 4 N–H and O–H groups in total. The SMILES string of the molecule is N=C(N)Cc1ccc([N+](=O)O)cc1. The fourth-order valence-electron chi connectivity index (χ4n) is 0.961. The smallest absolute Gasteiger partial charge is 0.316 e. The van der Waals surface area contributed by atoms with Crippen LogP contribution in [-0.2, 0) is 6.42 Å². The summed E-state index contributed by atoms with van der Waals surface area (Å²) in [6.07, 6.45) is 0.352. The summed E-state index contributed by atoms with van der Waals surface area (Å²) in [4.78, 5) is 10.2. The maximum Gasteiger partial charge on any atom is 0.316 e. The molecule has 68 valence electrons. The van der Waals surface area contributed by atoms with Gasteiger partial charge in [0.05, 0.1) is 10.7 Å². The Morgan fingerprint density at radius 2 is 2.00 bits per heavy atom. The lowest BCUT2D eigenvalue weighted by molar-refractivity contribution is -0.729. The summed E-state index contributed by atoms with van der Waals surface area (Å²) in [5, 5.41) is 15.5. The molecule has 13 heavy (non-hydrogen) atoms. The largest absolute Gasteiger partial charge is 0.387 e. The van der Waals surface area contributed by atoms with Crippen LogP contribution in [0.25, 0.3) is 0 Å². The summed E-state index contributed by atoms with van der Waals surface area (Å²) in [5.41, 5.74) is 6.18. The first-order valence-electron chi connectivity index (χ1n) is 3.67. The number of hydrogen-bond acceptors (Lipinski definition) is 2. The van der Waals surface area contributed by atoms with Gasteiger partial charge in [0.15, 0.2) is 0 Å². The van der Waals surface area contributed by atoms with Crippen molar-refractivity contribution in [3.05, 3.63) is 34.7 Å². The van der Waals surface area contributed by atoms with Crippen LogP contribution in [0.1, 0.15) is 5.56 Å². The molecule has 0 aromatic heterocycles. The van der Waals surface area contributed by atoms with E-state index in [1.54, 1.807) is 12.1 Å². The molecule has 0 spiro atoms. The summed E-state index contributed by atoms with van der Waals surface area (Å²) in [6.45, 7) is 0. The predicted molar refractivity (Wildman–Crippen MR) is 47.1 cm³/mol. The maximum absolute atomic E-state index is 10.4. The van der Waals surface area contributed by atoms with Gasteiger partial charge in [-0.05, 0) is 5.56 Å². The Kier molecular flexibility index (Phi) is 2.59. The van der Waals surface area contributed by atoms with E-state index in [1.165, 1.54) is 12.1 Å². The van der Waals surface area contributed by atoms with Gasteiger partial charge >= 0.3 is 5.69 Å². The Morgan fingerprint density at radius 1 is 1.46 bits per heavy atom. The third kappa shape index (κ3) is 2.55. The van der Waals surface area contributed by atoms with Crippen LogP contribution in [0.5, 0.6) is 0 Å². The predicted octanol–water partition coefficient (Wildman–Crippen LogP) is 0.965. The van der Waals surface area contributed by atoms with E-state index in [-0.39, 0.29) is 16.4 Å². The molecule has 5 heteroatoms.